The van der Waals surface area contributed by atoms with Gasteiger partial charge in [-0.1, -0.05) is 12.1 Å². The highest BCUT2D eigenvalue weighted by molar-refractivity contribution is 7.89. The molecule has 2 aromatic rings. The fourth-order valence-corrected chi connectivity index (χ4v) is 3.08. The van der Waals surface area contributed by atoms with Crippen LogP contribution >= 0.6 is 0 Å². The van der Waals surface area contributed by atoms with E-state index < -0.39 is 26.7 Å². The van der Waals surface area contributed by atoms with E-state index in [1.165, 1.54) is 6.07 Å². The van der Waals surface area contributed by atoms with E-state index in [4.69, 9.17) is 9.88 Å². The third-order valence-corrected chi connectivity index (χ3v) is 4.53. The van der Waals surface area contributed by atoms with E-state index in [2.05, 4.69) is 4.98 Å². The monoisotopic (exact) mass is 348 g/mol. The summed E-state index contributed by atoms with van der Waals surface area (Å²) in [6.07, 6.45) is 0. The van der Waals surface area contributed by atoms with Gasteiger partial charge in [-0.05, 0) is 36.8 Å². The number of sulfonamides is 1. The number of aromatic nitrogens is 1. The summed E-state index contributed by atoms with van der Waals surface area (Å²) in [4.78, 5) is 15.7. The predicted octanol–water partition coefficient (Wildman–Crippen LogP) is 1.64. The Hall–Kier alpha value is -2.58. The SMILES string of the molecule is Cc1cccc(C2=C(c3ccc(S(N)(=O)=O)c(F)c3)COC2=O)n1. The first-order valence-electron chi connectivity index (χ1n) is 6.94. The van der Waals surface area contributed by atoms with Gasteiger partial charge in [-0.15, -0.1) is 0 Å². The number of cyclic esters (lactones) is 1. The number of rotatable bonds is 3. The van der Waals surface area contributed by atoms with Crippen LogP contribution in [0.5, 0.6) is 0 Å². The van der Waals surface area contributed by atoms with E-state index in [9.17, 15) is 17.6 Å². The summed E-state index contributed by atoms with van der Waals surface area (Å²) >= 11 is 0. The Labute approximate surface area is 137 Å². The van der Waals surface area contributed by atoms with Gasteiger partial charge in [0.1, 0.15) is 17.3 Å². The van der Waals surface area contributed by atoms with Crippen LogP contribution in [0.25, 0.3) is 11.1 Å². The Bertz CT molecular complexity index is 983. The number of carbonyl (C=O) groups excluding carboxylic acids is 1. The van der Waals surface area contributed by atoms with Crippen LogP contribution in [-0.4, -0.2) is 26.0 Å². The summed E-state index contributed by atoms with van der Waals surface area (Å²) in [5.41, 5.74) is 2.15. The van der Waals surface area contributed by atoms with Crippen molar-refractivity contribution in [1.82, 2.24) is 4.98 Å². The topological polar surface area (TPSA) is 99.4 Å². The summed E-state index contributed by atoms with van der Waals surface area (Å²) in [5.74, 6) is -1.54. The number of nitrogens with two attached hydrogens (primary N) is 1. The van der Waals surface area contributed by atoms with E-state index in [1.54, 1.807) is 25.1 Å². The largest absolute Gasteiger partial charge is 0.457 e. The molecule has 3 rings (SSSR count). The second-order valence-electron chi connectivity index (χ2n) is 5.28. The molecule has 0 saturated heterocycles. The molecule has 0 spiro atoms. The number of esters is 1. The molecule has 0 saturated carbocycles. The van der Waals surface area contributed by atoms with Gasteiger partial charge in [-0.25, -0.2) is 22.7 Å². The van der Waals surface area contributed by atoms with Crippen molar-refractivity contribution in [3.05, 3.63) is 59.2 Å². The molecule has 8 heteroatoms. The van der Waals surface area contributed by atoms with Gasteiger partial charge < -0.3 is 4.74 Å². The minimum atomic E-state index is -4.16. The van der Waals surface area contributed by atoms with Crippen LogP contribution in [0.15, 0.2) is 41.3 Å². The standard InChI is InChI=1S/C16H13FN2O4S/c1-9-3-2-4-13(19-9)15-11(8-23-16(15)20)10-5-6-14(12(17)7-10)24(18,21)22/h2-7H,8H2,1H3,(H2,18,21,22). The molecular weight excluding hydrogens is 335 g/mol. The Morgan fingerprint density at radius 2 is 2.00 bits per heavy atom. The molecule has 1 aliphatic rings. The van der Waals surface area contributed by atoms with Crippen LogP contribution in [0.3, 0.4) is 0 Å². The lowest BCUT2D eigenvalue weighted by molar-refractivity contribution is -0.133. The first-order valence-corrected chi connectivity index (χ1v) is 8.49. The summed E-state index contributed by atoms with van der Waals surface area (Å²) in [7, 11) is -4.16. The first kappa shape index (κ1) is 16.3. The molecule has 1 aliphatic heterocycles. The fourth-order valence-electron chi connectivity index (χ4n) is 2.49. The zero-order valence-electron chi connectivity index (χ0n) is 12.6. The molecule has 1 aromatic heterocycles. The van der Waals surface area contributed by atoms with Gasteiger partial charge in [0, 0.05) is 11.3 Å². The lowest BCUT2D eigenvalue weighted by atomic mass is 9.99. The molecule has 0 fully saturated rings. The molecular formula is C16H13FN2O4S. The predicted molar refractivity (Wildman–Crippen MR) is 84.5 cm³/mol. The van der Waals surface area contributed by atoms with Gasteiger partial charge >= 0.3 is 5.97 Å². The lowest BCUT2D eigenvalue weighted by Crippen LogP contribution is -2.14. The lowest BCUT2D eigenvalue weighted by Gasteiger charge is -2.07. The number of hydrogen-bond donors (Lipinski definition) is 1. The van der Waals surface area contributed by atoms with Gasteiger partial charge in [-0.2, -0.15) is 0 Å². The Balaban J connectivity index is 2.16. The second-order valence-corrected chi connectivity index (χ2v) is 6.81. The number of aryl methyl sites for hydroxylation is 1. The van der Waals surface area contributed by atoms with Crippen LogP contribution in [0.1, 0.15) is 17.0 Å². The number of hydrogen-bond acceptors (Lipinski definition) is 5. The van der Waals surface area contributed by atoms with Crippen LogP contribution in [0.2, 0.25) is 0 Å². The van der Waals surface area contributed by atoms with E-state index >= 15 is 0 Å². The molecule has 0 atom stereocenters. The summed E-state index contributed by atoms with van der Waals surface area (Å²) < 4.78 is 41.7. The summed E-state index contributed by atoms with van der Waals surface area (Å²) in [5, 5.41) is 4.95. The maximum atomic E-state index is 14.1. The van der Waals surface area contributed by atoms with Crippen molar-refractivity contribution in [3.63, 3.8) is 0 Å². The van der Waals surface area contributed by atoms with Crippen molar-refractivity contribution in [2.45, 2.75) is 11.8 Å². The highest BCUT2D eigenvalue weighted by atomic mass is 32.2. The van der Waals surface area contributed by atoms with Crippen molar-refractivity contribution >= 4 is 27.1 Å². The average Bonchev–Trinajstić information content (AvgIpc) is 2.87. The number of nitrogens with zero attached hydrogens (tertiary/aromatic N) is 1. The van der Waals surface area contributed by atoms with Crippen molar-refractivity contribution in [2.24, 2.45) is 5.14 Å². The number of benzene rings is 1. The van der Waals surface area contributed by atoms with E-state index in [1.807, 2.05) is 0 Å². The van der Waals surface area contributed by atoms with Gasteiger partial charge in [0.2, 0.25) is 10.0 Å². The van der Waals surface area contributed by atoms with Crippen LogP contribution in [0, 0.1) is 12.7 Å². The molecule has 2 heterocycles. The van der Waals surface area contributed by atoms with E-state index in [0.29, 0.717) is 16.8 Å². The highest BCUT2D eigenvalue weighted by Gasteiger charge is 2.29. The molecule has 0 aliphatic carbocycles. The van der Waals surface area contributed by atoms with Gasteiger partial charge in [0.05, 0.1) is 11.3 Å². The molecule has 0 bridgehead atoms. The average molecular weight is 348 g/mol. The quantitative estimate of drug-likeness (QED) is 0.850. The van der Waals surface area contributed by atoms with Crippen LogP contribution in [0.4, 0.5) is 4.39 Å². The number of pyridine rings is 1. The van der Waals surface area contributed by atoms with E-state index in [-0.39, 0.29) is 12.2 Å². The van der Waals surface area contributed by atoms with E-state index in [0.717, 1.165) is 17.8 Å². The Morgan fingerprint density at radius 3 is 2.62 bits per heavy atom. The summed E-state index contributed by atoms with van der Waals surface area (Å²) in [6.45, 7) is 1.74. The first-order chi connectivity index (χ1) is 11.3. The zero-order chi connectivity index (χ0) is 17.5. The number of carbonyl (C=O) groups is 1. The molecule has 6 nitrogen and oxygen atoms in total. The number of primary sulfonamides is 1. The molecule has 124 valence electrons. The second kappa shape index (κ2) is 5.81. The molecule has 0 radical (unpaired) electrons. The highest BCUT2D eigenvalue weighted by Crippen LogP contribution is 2.33. The minimum Gasteiger partial charge on any atom is -0.457 e. The van der Waals surface area contributed by atoms with Gasteiger partial charge in [0.25, 0.3) is 0 Å². The van der Waals surface area contributed by atoms with Crippen molar-refractivity contribution in [1.29, 1.82) is 0 Å². The van der Waals surface area contributed by atoms with Crippen molar-refractivity contribution < 1.29 is 22.3 Å². The van der Waals surface area contributed by atoms with Crippen molar-refractivity contribution in [3.8, 4) is 0 Å². The molecule has 1 aromatic carbocycles. The third-order valence-electron chi connectivity index (χ3n) is 3.58. The normalized spacial score (nSPS) is 14.9. The minimum absolute atomic E-state index is 0.0437. The van der Waals surface area contributed by atoms with Crippen LogP contribution < -0.4 is 5.14 Å². The molecule has 24 heavy (non-hydrogen) atoms. The smallest absolute Gasteiger partial charge is 0.341 e. The molecule has 0 amide bonds. The number of halogens is 1. The zero-order valence-corrected chi connectivity index (χ0v) is 13.4. The molecule has 0 unspecified atom stereocenters. The van der Waals surface area contributed by atoms with Crippen molar-refractivity contribution in [2.75, 3.05) is 6.61 Å². The summed E-state index contributed by atoms with van der Waals surface area (Å²) in [6, 6.07) is 8.66. The molecule has 2 N–H and O–H groups in total. The maximum absolute atomic E-state index is 14.1. The fraction of sp³-hybridized carbons (Fsp3) is 0.125. The van der Waals surface area contributed by atoms with Gasteiger partial charge in [0.15, 0.2) is 0 Å². The maximum Gasteiger partial charge on any atom is 0.341 e. The van der Waals surface area contributed by atoms with Gasteiger partial charge in [-0.3, -0.25) is 4.98 Å². The Kier molecular flexibility index (Phi) is 3.94. The Morgan fingerprint density at radius 1 is 1.25 bits per heavy atom. The van der Waals surface area contributed by atoms with Crippen LogP contribution in [-0.2, 0) is 19.6 Å². The number of ether oxygens (including phenoxy) is 1. The third kappa shape index (κ3) is 2.93.